The molecule has 1 aliphatic rings. The van der Waals surface area contributed by atoms with Crippen molar-refractivity contribution in [1.82, 2.24) is 0 Å². The maximum atomic E-state index is 13.9. The molecule has 0 N–H and O–H groups in total. The molecule has 2 atom stereocenters. The molecule has 1 heterocycles. The van der Waals surface area contributed by atoms with Crippen LogP contribution >= 0.6 is 0 Å². The molecular formula is C28H49BO4Sn. The molecule has 0 radical (unpaired) electrons. The Balaban J connectivity index is 2.71. The SMILES string of the molecule is CCC[CH2][Sn]([CH2]CCC)([CH2]CCC)[C@H](C(=O)OC)[C@@H](B1OC(C)(C)C(C)(C)O1)c1ccccc1. The Morgan fingerprint density at radius 1 is 0.882 bits per heavy atom. The maximum absolute atomic E-state index is 13.9. The summed E-state index contributed by atoms with van der Waals surface area (Å²) in [5.74, 6) is -0.182. The van der Waals surface area contributed by atoms with Crippen LogP contribution in [0.5, 0.6) is 0 Å². The second kappa shape index (κ2) is 13.1. The monoisotopic (exact) mass is 580 g/mol. The van der Waals surface area contributed by atoms with E-state index in [2.05, 4.69) is 72.7 Å². The fraction of sp³-hybridized carbons (Fsp3) is 0.750. The van der Waals surface area contributed by atoms with Crippen molar-refractivity contribution in [2.75, 3.05) is 7.11 Å². The quantitative estimate of drug-likeness (QED) is 0.167. The first-order chi connectivity index (χ1) is 16.1. The Bertz CT molecular complexity index is 714. The van der Waals surface area contributed by atoms with Crippen molar-refractivity contribution in [3.05, 3.63) is 35.9 Å². The van der Waals surface area contributed by atoms with E-state index in [-0.39, 0.29) is 15.7 Å². The molecule has 1 aliphatic heterocycles. The van der Waals surface area contributed by atoms with Gasteiger partial charge < -0.3 is 0 Å². The molecule has 2 rings (SSSR count). The van der Waals surface area contributed by atoms with Gasteiger partial charge in [0.05, 0.1) is 0 Å². The molecule has 0 aromatic heterocycles. The van der Waals surface area contributed by atoms with Crippen LogP contribution in [0.4, 0.5) is 0 Å². The molecule has 1 saturated heterocycles. The van der Waals surface area contributed by atoms with Crippen LogP contribution in [0.25, 0.3) is 0 Å². The van der Waals surface area contributed by atoms with Crippen molar-refractivity contribution in [1.29, 1.82) is 0 Å². The van der Waals surface area contributed by atoms with Crippen LogP contribution < -0.4 is 0 Å². The van der Waals surface area contributed by atoms with E-state index in [1.54, 1.807) is 7.11 Å². The number of hydrogen-bond acceptors (Lipinski definition) is 4. The third kappa shape index (κ3) is 6.82. The van der Waals surface area contributed by atoms with Crippen molar-refractivity contribution in [2.45, 2.75) is 121 Å². The number of carbonyl (C=O) groups excluding carboxylic acids is 1. The molecule has 1 aromatic rings. The van der Waals surface area contributed by atoms with Gasteiger partial charge in [0.1, 0.15) is 0 Å². The van der Waals surface area contributed by atoms with Crippen molar-refractivity contribution in [3.8, 4) is 0 Å². The first-order valence-electron chi connectivity index (χ1n) is 13.6. The Hall–Kier alpha value is -0.526. The Morgan fingerprint density at radius 3 is 1.71 bits per heavy atom. The van der Waals surface area contributed by atoms with Crippen LogP contribution in [0.2, 0.25) is 17.2 Å². The second-order valence-corrected chi connectivity index (χ2v) is 25.1. The Morgan fingerprint density at radius 2 is 1.32 bits per heavy atom. The van der Waals surface area contributed by atoms with E-state index in [9.17, 15) is 4.79 Å². The third-order valence-corrected chi connectivity index (χ3v) is 25.3. The summed E-state index contributed by atoms with van der Waals surface area (Å²) < 4.78 is 22.5. The van der Waals surface area contributed by atoms with E-state index in [1.165, 1.54) is 32.6 Å². The van der Waals surface area contributed by atoms with Crippen molar-refractivity contribution in [2.24, 2.45) is 0 Å². The number of carbonyl (C=O) groups is 1. The van der Waals surface area contributed by atoms with Gasteiger partial charge in [-0.2, -0.15) is 0 Å². The molecule has 0 amide bonds. The van der Waals surface area contributed by atoms with Gasteiger partial charge in [0.2, 0.25) is 0 Å². The summed E-state index contributed by atoms with van der Waals surface area (Å²) in [7, 11) is 1.11. The zero-order valence-corrected chi connectivity index (χ0v) is 26.0. The fourth-order valence-corrected chi connectivity index (χ4v) is 24.3. The van der Waals surface area contributed by atoms with Gasteiger partial charge >= 0.3 is 215 Å². The van der Waals surface area contributed by atoms with E-state index in [4.69, 9.17) is 14.0 Å². The summed E-state index contributed by atoms with van der Waals surface area (Å²) in [6.45, 7) is 15.2. The van der Waals surface area contributed by atoms with E-state index in [1.807, 2.05) is 6.07 Å². The summed E-state index contributed by atoms with van der Waals surface area (Å²) in [5, 5.41) is 0. The van der Waals surface area contributed by atoms with Crippen LogP contribution in [0.15, 0.2) is 30.3 Å². The van der Waals surface area contributed by atoms with Crippen LogP contribution in [0.3, 0.4) is 0 Å². The molecule has 4 nitrogen and oxygen atoms in total. The van der Waals surface area contributed by atoms with Crippen LogP contribution in [-0.4, -0.2) is 49.8 Å². The zero-order valence-electron chi connectivity index (χ0n) is 23.1. The van der Waals surface area contributed by atoms with Gasteiger partial charge in [-0.25, -0.2) is 0 Å². The molecular weight excluding hydrogens is 530 g/mol. The van der Waals surface area contributed by atoms with Crippen LogP contribution in [-0.2, 0) is 18.8 Å². The third-order valence-electron chi connectivity index (χ3n) is 8.31. The normalized spacial score (nSPS) is 19.1. The molecule has 0 aliphatic carbocycles. The van der Waals surface area contributed by atoms with Crippen molar-refractivity contribution >= 4 is 31.5 Å². The minimum absolute atomic E-state index is 0.0392. The standard InChI is InChI=1S/C16H22BO4.3C4H9.Sn/c1-15(2)16(3,4)21-17(20-15)13(11-14(18)19-5)12-9-7-6-8-10-12;3*1-3-4-2;/h6-11,13H,1-5H3;3*1,3-4H2,2H3;/t13-;;;;/m1..../s1. The van der Waals surface area contributed by atoms with E-state index < -0.39 is 36.7 Å². The molecule has 0 bridgehead atoms. The van der Waals surface area contributed by atoms with E-state index in [0.29, 0.717) is 0 Å². The van der Waals surface area contributed by atoms with Crippen LogP contribution in [0, 0.1) is 0 Å². The predicted molar refractivity (Wildman–Crippen MR) is 146 cm³/mol. The van der Waals surface area contributed by atoms with E-state index >= 15 is 0 Å². The van der Waals surface area contributed by atoms with Gasteiger partial charge in [-0.1, -0.05) is 0 Å². The molecule has 0 saturated carbocycles. The molecule has 34 heavy (non-hydrogen) atoms. The minimum atomic E-state index is -3.12. The average molecular weight is 579 g/mol. The van der Waals surface area contributed by atoms with Gasteiger partial charge in [-0.15, -0.1) is 0 Å². The van der Waals surface area contributed by atoms with Gasteiger partial charge in [0.25, 0.3) is 0 Å². The topological polar surface area (TPSA) is 44.8 Å². The van der Waals surface area contributed by atoms with Gasteiger partial charge in [-0.05, 0) is 0 Å². The molecule has 192 valence electrons. The number of benzene rings is 1. The Labute approximate surface area is 213 Å². The number of methoxy groups -OCH3 is 1. The van der Waals surface area contributed by atoms with Crippen molar-refractivity contribution < 1.29 is 18.8 Å². The second-order valence-electron chi connectivity index (χ2n) is 11.2. The fourth-order valence-electron chi connectivity index (χ4n) is 5.55. The number of esters is 1. The molecule has 0 spiro atoms. The summed E-state index contributed by atoms with van der Waals surface area (Å²) >= 11 is -3.12. The average Bonchev–Trinajstić information content (AvgIpc) is 3.03. The van der Waals surface area contributed by atoms with Gasteiger partial charge in [-0.3, -0.25) is 0 Å². The number of unbranched alkanes of at least 4 members (excludes halogenated alkanes) is 3. The van der Waals surface area contributed by atoms with Crippen LogP contribution in [0.1, 0.15) is 98.4 Å². The molecule has 1 aromatic carbocycles. The molecule has 6 heteroatoms. The first-order valence-corrected chi connectivity index (χ1v) is 21.3. The summed E-state index contributed by atoms with van der Waals surface area (Å²) in [6, 6.07) is 10.5. The predicted octanol–water partition coefficient (Wildman–Crippen LogP) is 7.79. The summed E-state index contributed by atoms with van der Waals surface area (Å²) in [5.41, 5.74) is 0.251. The summed E-state index contributed by atoms with van der Waals surface area (Å²) in [4.78, 5) is 13.9. The molecule has 0 unspecified atom stereocenters. The number of ether oxygens (including phenoxy) is 1. The number of rotatable bonds is 14. The van der Waals surface area contributed by atoms with Gasteiger partial charge in [0, 0.05) is 0 Å². The Kier molecular flexibility index (Phi) is 11.5. The van der Waals surface area contributed by atoms with E-state index in [0.717, 1.165) is 24.8 Å². The first kappa shape index (κ1) is 29.7. The summed E-state index contributed by atoms with van der Waals surface area (Å²) in [6.07, 6.45) is 7.08. The number of hydrogen-bond donors (Lipinski definition) is 0. The molecule has 1 fully saturated rings. The van der Waals surface area contributed by atoms with Gasteiger partial charge in [0.15, 0.2) is 0 Å². The van der Waals surface area contributed by atoms with Crippen molar-refractivity contribution in [3.63, 3.8) is 0 Å². The zero-order chi connectivity index (χ0) is 25.4.